The number of guanidine groups is 1. The van der Waals surface area contributed by atoms with E-state index < -0.39 is 18.0 Å². The number of likely N-dealkylation sites (N-methyl/N-ethyl adjacent to an activating group) is 1. The minimum atomic E-state index is -0.719. The third-order valence-electron chi connectivity index (χ3n) is 4.34. The first kappa shape index (κ1) is 17.8. The Balaban J connectivity index is 1.98. The van der Waals surface area contributed by atoms with Gasteiger partial charge in [-0.05, 0) is 13.8 Å². The lowest BCUT2D eigenvalue weighted by molar-refractivity contribution is -0.527. The largest absolute Gasteiger partial charge is 0.467 e. The number of hydrazone groups is 1. The normalized spacial score (nSPS) is 22.6. The quantitative estimate of drug-likeness (QED) is 0.381. The van der Waals surface area contributed by atoms with Crippen molar-refractivity contribution in [3.8, 4) is 0 Å². The number of rotatable bonds is 4. The lowest BCUT2D eigenvalue weighted by Crippen LogP contribution is -2.63. The highest BCUT2D eigenvalue weighted by atomic mass is 16.5. The van der Waals surface area contributed by atoms with Crippen LogP contribution in [-0.4, -0.2) is 94.6 Å². The van der Waals surface area contributed by atoms with E-state index in [1.165, 1.54) is 21.9 Å². The number of aliphatic imine (C=N–C) groups is 1. The highest BCUT2D eigenvalue weighted by Gasteiger charge is 2.54. The number of amides is 3. The fourth-order valence-corrected chi connectivity index (χ4v) is 3.07. The Kier molecular flexibility index (Phi) is 4.58. The number of nitrogens with zero attached hydrogens (tertiary/aromatic N) is 6. The summed E-state index contributed by atoms with van der Waals surface area (Å²) in [6.07, 6.45) is 3.53. The van der Waals surface area contributed by atoms with Gasteiger partial charge in [-0.2, -0.15) is 0 Å². The van der Waals surface area contributed by atoms with Gasteiger partial charge in [0.05, 0.1) is 12.8 Å². The summed E-state index contributed by atoms with van der Waals surface area (Å²) in [6, 6.07) is -1.15. The first-order chi connectivity index (χ1) is 12.4. The Morgan fingerprint density at radius 3 is 2.81 bits per heavy atom. The minimum absolute atomic E-state index is 0.128. The van der Waals surface area contributed by atoms with Crippen LogP contribution in [0.25, 0.3) is 0 Å². The molecule has 0 radical (unpaired) electrons. The zero-order valence-electron chi connectivity index (χ0n) is 15.2. The molecule has 3 rings (SSSR count). The van der Waals surface area contributed by atoms with Gasteiger partial charge in [-0.1, -0.05) is 17.1 Å². The van der Waals surface area contributed by atoms with Gasteiger partial charge in [0.2, 0.25) is 11.9 Å². The molecule has 0 aromatic carbocycles. The van der Waals surface area contributed by atoms with Crippen LogP contribution in [0.5, 0.6) is 0 Å². The Hall–Kier alpha value is -3.04. The minimum Gasteiger partial charge on any atom is -0.467 e. The molecular formula is C16H21N6O4+. The number of esters is 1. The van der Waals surface area contributed by atoms with Gasteiger partial charge in [-0.25, -0.2) is 14.2 Å². The zero-order valence-corrected chi connectivity index (χ0v) is 15.2. The second kappa shape index (κ2) is 6.70. The van der Waals surface area contributed by atoms with E-state index in [0.29, 0.717) is 18.3 Å². The summed E-state index contributed by atoms with van der Waals surface area (Å²) < 4.78 is 6.46. The average Bonchev–Trinajstić information content (AvgIpc) is 2.99. The molecule has 0 aromatic rings. The van der Waals surface area contributed by atoms with Gasteiger partial charge in [0.25, 0.3) is 5.91 Å². The predicted molar refractivity (Wildman–Crippen MR) is 92.9 cm³/mol. The molecule has 3 heterocycles. The number of hydrogen-bond acceptors (Lipinski definition) is 7. The van der Waals surface area contributed by atoms with Crippen molar-refractivity contribution in [1.29, 1.82) is 0 Å². The molecule has 0 aliphatic carbocycles. The van der Waals surface area contributed by atoms with Crippen molar-refractivity contribution in [2.75, 3.05) is 33.8 Å². The van der Waals surface area contributed by atoms with Crippen molar-refractivity contribution in [2.45, 2.75) is 19.9 Å². The third-order valence-corrected chi connectivity index (χ3v) is 4.34. The molecule has 1 atom stereocenters. The summed E-state index contributed by atoms with van der Waals surface area (Å²) in [5.41, 5.74) is 0.724. The first-order valence-electron chi connectivity index (χ1n) is 8.19. The number of ether oxygens (including phenoxy) is 1. The van der Waals surface area contributed by atoms with Crippen molar-refractivity contribution >= 4 is 35.4 Å². The van der Waals surface area contributed by atoms with Crippen LogP contribution in [0, 0.1) is 0 Å². The van der Waals surface area contributed by atoms with Crippen molar-refractivity contribution in [3.05, 3.63) is 12.2 Å². The lowest BCUT2D eigenvalue weighted by atomic mass is 10.1. The fourth-order valence-electron chi connectivity index (χ4n) is 3.07. The van der Waals surface area contributed by atoms with Crippen LogP contribution >= 0.6 is 0 Å². The van der Waals surface area contributed by atoms with Gasteiger partial charge in [0, 0.05) is 13.6 Å². The Morgan fingerprint density at radius 2 is 2.15 bits per heavy atom. The smallest absolute Gasteiger partial charge is 0.417 e. The molecule has 138 valence electrons. The summed E-state index contributed by atoms with van der Waals surface area (Å²) in [5.74, 6) is -0.113. The van der Waals surface area contributed by atoms with E-state index in [4.69, 9.17) is 4.74 Å². The van der Waals surface area contributed by atoms with Gasteiger partial charge in [0.15, 0.2) is 6.54 Å². The van der Waals surface area contributed by atoms with Crippen LogP contribution in [0.3, 0.4) is 0 Å². The van der Waals surface area contributed by atoms with E-state index in [9.17, 15) is 14.4 Å². The van der Waals surface area contributed by atoms with E-state index in [1.807, 2.05) is 6.92 Å². The fraction of sp³-hybridized carbons (Fsp3) is 0.500. The van der Waals surface area contributed by atoms with Crippen molar-refractivity contribution in [3.63, 3.8) is 0 Å². The topological polar surface area (TPSA) is 97.9 Å². The Labute approximate surface area is 150 Å². The molecule has 0 N–H and O–H groups in total. The van der Waals surface area contributed by atoms with E-state index in [2.05, 4.69) is 10.1 Å². The number of methoxy groups -OCH3 is 1. The summed E-state index contributed by atoms with van der Waals surface area (Å²) in [6.45, 7) is 4.09. The molecule has 3 amide bonds. The molecule has 1 fully saturated rings. The molecule has 3 aliphatic heterocycles. The van der Waals surface area contributed by atoms with Crippen LogP contribution < -0.4 is 0 Å². The molecule has 1 unspecified atom stereocenters. The first-order valence-corrected chi connectivity index (χ1v) is 8.19. The second-order valence-electron chi connectivity index (χ2n) is 6.13. The predicted octanol–water partition coefficient (Wildman–Crippen LogP) is -0.530. The monoisotopic (exact) mass is 361 g/mol. The van der Waals surface area contributed by atoms with Gasteiger partial charge in [0.1, 0.15) is 6.54 Å². The van der Waals surface area contributed by atoms with Crippen molar-refractivity contribution in [1.82, 2.24) is 14.8 Å². The number of carbonyl (C=O) groups is 3. The van der Waals surface area contributed by atoms with E-state index >= 15 is 0 Å². The molecule has 0 bridgehead atoms. The van der Waals surface area contributed by atoms with Gasteiger partial charge >= 0.3 is 18.0 Å². The van der Waals surface area contributed by atoms with E-state index in [1.54, 1.807) is 30.7 Å². The number of imide groups is 1. The van der Waals surface area contributed by atoms with Gasteiger partial charge < -0.3 is 4.74 Å². The standard InChI is InChI=1S/C16H21N6O4/c1-5-6-7-20-14(24)12-13(19(3)16(20)25)17-15-21(12)8-10(2)18-22(15)9-11(23)26-4/h5-6,12H,7-9H2,1-4H3/q+1/b6-5+. The Morgan fingerprint density at radius 1 is 1.42 bits per heavy atom. The number of urea groups is 1. The maximum Gasteiger partial charge on any atom is 0.417 e. The second-order valence-corrected chi connectivity index (χ2v) is 6.13. The summed E-state index contributed by atoms with van der Waals surface area (Å²) >= 11 is 0. The molecule has 3 aliphatic rings. The van der Waals surface area contributed by atoms with E-state index in [0.717, 1.165) is 5.71 Å². The van der Waals surface area contributed by atoms with Crippen LogP contribution in [0.2, 0.25) is 0 Å². The van der Waals surface area contributed by atoms with Crippen LogP contribution in [-0.2, 0) is 14.3 Å². The molecular weight excluding hydrogens is 340 g/mol. The van der Waals surface area contributed by atoms with Crippen LogP contribution in [0.4, 0.5) is 4.79 Å². The molecule has 26 heavy (non-hydrogen) atoms. The van der Waals surface area contributed by atoms with Crippen LogP contribution in [0.15, 0.2) is 22.2 Å². The zero-order chi connectivity index (χ0) is 19.0. The maximum absolute atomic E-state index is 13.0. The molecule has 0 aromatic heterocycles. The SMILES string of the molecule is C/C=C/CN1C(=O)C2C(=NC3=[N+]2CC(C)=NN3CC(=O)OC)N(C)C1=O. The lowest BCUT2D eigenvalue weighted by Gasteiger charge is -2.33. The maximum atomic E-state index is 13.0. The summed E-state index contributed by atoms with van der Waals surface area (Å²) in [7, 11) is 2.88. The number of carbonyl (C=O) groups excluding carboxylic acids is 3. The van der Waals surface area contributed by atoms with Crippen molar-refractivity contribution < 1.29 is 23.7 Å². The van der Waals surface area contributed by atoms with Crippen LogP contribution in [0.1, 0.15) is 13.8 Å². The average molecular weight is 361 g/mol. The molecule has 1 saturated heterocycles. The summed E-state index contributed by atoms with van der Waals surface area (Å²) in [4.78, 5) is 44.2. The summed E-state index contributed by atoms with van der Waals surface area (Å²) in [5, 5.41) is 5.73. The van der Waals surface area contributed by atoms with Gasteiger partial charge in [-0.15, -0.1) is 10.1 Å². The molecule has 0 spiro atoms. The molecule has 10 heteroatoms. The number of hydrogen-bond donors (Lipinski definition) is 0. The number of allylic oxidation sites excluding steroid dienone is 1. The molecule has 0 saturated carbocycles. The number of fused-ring (bicyclic) bond motifs is 2. The van der Waals surface area contributed by atoms with Crippen molar-refractivity contribution in [2.24, 2.45) is 10.1 Å². The van der Waals surface area contributed by atoms with Gasteiger partial charge in [-0.3, -0.25) is 14.6 Å². The number of amidine groups is 1. The highest BCUT2D eigenvalue weighted by molar-refractivity contribution is 6.23. The van der Waals surface area contributed by atoms with E-state index in [-0.39, 0.29) is 19.0 Å². The highest BCUT2D eigenvalue weighted by Crippen LogP contribution is 2.22. The molecule has 10 nitrogen and oxygen atoms in total. The Bertz CT molecular complexity index is 797. The third kappa shape index (κ3) is 2.76.